The van der Waals surface area contributed by atoms with Gasteiger partial charge in [0.25, 0.3) is 11.7 Å². The number of amides is 1. The van der Waals surface area contributed by atoms with Gasteiger partial charge < -0.3 is 19.5 Å². The van der Waals surface area contributed by atoms with Crippen LogP contribution in [0, 0.1) is 6.92 Å². The van der Waals surface area contributed by atoms with Gasteiger partial charge in [0.05, 0.1) is 11.6 Å². The van der Waals surface area contributed by atoms with Crippen LogP contribution < -0.4 is 9.47 Å². The molecule has 7 nitrogen and oxygen atoms in total. The summed E-state index contributed by atoms with van der Waals surface area (Å²) in [5.41, 5.74) is 4.04. The second kappa shape index (κ2) is 12.7. The Balaban J connectivity index is 1.34. The van der Waals surface area contributed by atoms with Crippen LogP contribution in [-0.4, -0.2) is 26.7 Å². The number of Topliss-reactive ketones (excluding diaryl/α,β-unsaturated/α-hetero) is 1. The Morgan fingerprint density at radius 3 is 2.25 bits per heavy atom. The smallest absolute Gasteiger partial charge is 0.295 e. The molecule has 1 unspecified atom stereocenters. The minimum atomic E-state index is -0.847. The van der Waals surface area contributed by atoms with Gasteiger partial charge in [-0.2, -0.15) is 0 Å². The number of rotatable bonds is 9. The highest BCUT2D eigenvalue weighted by atomic mass is 16.5. The zero-order valence-corrected chi connectivity index (χ0v) is 24.1. The minimum absolute atomic E-state index is 0.00865. The number of carbonyl (C=O) groups excluding carboxylic acids is 2. The summed E-state index contributed by atoms with van der Waals surface area (Å²) in [4.78, 5) is 32.6. The predicted octanol–water partition coefficient (Wildman–Crippen LogP) is 7.38. The molecule has 6 rings (SSSR count). The van der Waals surface area contributed by atoms with Crippen molar-refractivity contribution in [2.45, 2.75) is 26.1 Å². The number of aliphatic hydroxyl groups is 1. The molecule has 2 heterocycles. The zero-order valence-electron chi connectivity index (χ0n) is 24.1. The van der Waals surface area contributed by atoms with Gasteiger partial charge in [-0.15, -0.1) is 0 Å². The first kappa shape index (κ1) is 28.4. The van der Waals surface area contributed by atoms with Crippen LogP contribution in [0.4, 0.5) is 0 Å². The van der Waals surface area contributed by atoms with Crippen molar-refractivity contribution in [2.75, 3.05) is 0 Å². The van der Waals surface area contributed by atoms with E-state index in [-0.39, 0.29) is 17.9 Å². The lowest BCUT2D eigenvalue weighted by atomic mass is 9.95. The van der Waals surface area contributed by atoms with Crippen LogP contribution in [0.25, 0.3) is 5.76 Å². The maximum absolute atomic E-state index is 13.6. The highest BCUT2D eigenvalue weighted by molar-refractivity contribution is 6.46. The second-order valence-corrected chi connectivity index (χ2v) is 10.6. The van der Waals surface area contributed by atoms with Crippen molar-refractivity contribution in [3.63, 3.8) is 0 Å². The maximum atomic E-state index is 13.6. The molecule has 1 saturated heterocycles. The van der Waals surface area contributed by atoms with Gasteiger partial charge in [-0.25, -0.2) is 0 Å². The Hall–Kier alpha value is -5.69. The van der Waals surface area contributed by atoms with E-state index in [0.717, 1.165) is 16.7 Å². The van der Waals surface area contributed by atoms with Crippen LogP contribution in [-0.2, 0) is 22.7 Å². The van der Waals surface area contributed by atoms with Gasteiger partial charge in [-0.05, 0) is 84.3 Å². The summed E-state index contributed by atoms with van der Waals surface area (Å²) in [6.45, 7) is 2.58. The molecule has 0 aliphatic carbocycles. The van der Waals surface area contributed by atoms with Gasteiger partial charge in [-0.1, -0.05) is 60.2 Å². The lowest BCUT2D eigenvalue weighted by molar-refractivity contribution is -0.140. The van der Waals surface area contributed by atoms with Crippen LogP contribution in [0.3, 0.4) is 0 Å². The van der Waals surface area contributed by atoms with Crippen LogP contribution in [0.2, 0.25) is 0 Å². The molecule has 5 aromatic rings. The highest BCUT2D eigenvalue weighted by Crippen LogP contribution is 2.41. The summed E-state index contributed by atoms with van der Waals surface area (Å²) >= 11 is 0. The van der Waals surface area contributed by atoms with E-state index in [4.69, 9.17) is 9.47 Å². The van der Waals surface area contributed by atoms with Gasteiger partial charge in [0.15, 0.2) is 0 Å². The third-order valence-corrected chi connectivity index (χ3v) is 7.41. The quantitative estimate of drug-likeness (QED) is 0.111. The summed E-state index contributed by atoms with van der Waals surface area (Å²) in [7, 11) is 0. The maximum Gasteiger partial charge on any atom is 0.295 e. The monoisotopic (exact) mass is 582 g/mol. The molecule has 1 aromatic heterocycles. The fraction of sp³-hybridized carbons (Fsp3) is 0.108. The van der Waals surface area contributed by atoms with E-state index >= 15 is 0 Å². The number of pyridine rings is 1. The summed E-state index contributed by atoms with van der Waals surface area (Å²) in [6.07, 6.45) is 3.27. The van der Waals surface area contributed by atoms with Crippen molar-refractivity contribution in [1.29, 1.82) is 0 Å². The van der Waals surface area contributed by atoms with E-state index in [1.165, 1.54) is 4.90 Å². The van der Waals surface area contributed by atoms with E-state index in [9.17, 15) is 14.7 Å². The Bertz CT molecular complexity index is 1820. The van der Waals surface area contributed by atoms with E-state index in [0.29, 0.717) is 35.0 Å². The van der Waals surface area contributed by atoms with Crippen molar-refractivity contribution < 1.29 is 24.2 Å². The molecule has 218 valence electrons. The normalized spacial score (nSPS) is 15.8. The highest BCUT2D eigenvalue weighted by Gasteiger charge is 2.46. The van der Waals surface area contributed by atoms with E-state index in [2.05, 4.69) is 11.1 Å². The number of carbonyl (C=O) groups is 2. The summed E-state index contributed by atoms with van der Waals surface area (Å²) in [5, 5.41) is 11.6. The molecule has 1 amide bonds. The second-order valence-electron chi connectivity index (χ2n) is 10.6. The minimum Gasteiger partial charge on any atom is -0.507 e. The molecule has 0 radical (unpaired) electrons. The number of benzene rings is 4. The Morgan fingerprint density at radius 2 is 1.50 bits per heavy atom. The van der Waals surface area contributed by atoms with Crippen molar-refractivity contribution in [3.8, 4) is 17.2 Å². The van der Waals surface area contributed by atoms with Crippen LogP contribution in [0.15, 0.2) is 133 Å². The zero-order chi connectivity index (χ0) is 30.5. The first-order valence-corrected chi connectivity index (χ1v) is 14.3. The topological polar surface area (TPSA) is 89.0 Å². The molecule has 1 fully saturated rings. The number of aliphatic hydroxyl groups excluding tert-OH is 1. The molecule has 0 spiro atoms. The lowest BCUT2D eigenvalue weighted by Crippen LogP contribution is -2.29. The molecule has 0 bridgehead atoms. The fourth-order valence-corrected chi connectivity index (χ4v) is 5.28. The molecule has 1 N–H and O–H groups in total. The predicted molar refractivity (Wildman–Crippen MR) is 167 cm³/mol. The average molecular weight is 583 g/mol. The van der Waals surface area contributed by atoms with Gasteiger partial charge in [0.1, 0.15) is 29.6 Å². The van der Waals surface area contributed by atoms with E-state index < -0.39 is 17.7 Å². The number of para-hydroxylation sites is 1. The molecule has 7 heteroatoms. The molecule has 0 saturated carbocycles. The molecule has 1 atom stereocenters. The number of hydrogen-bond donors (Lipinski definition) is 1. The van der Waals surface area contributed by atoms with Crippen LogP contribution >= 0.6 is 0 Å². The molecule has 1 aliphatic rings. The standard InChI is InChI=1S/C37H30N2O5/c1-25-7-5-8-27(21-25)24-43-30-15-13-28(14-16-30)35(40)33-34(39(37(42)36(33)41)23-26-17-19-38-20-18-26)29-9-6-12-32(22-29)44-31-10-3-2-4-11-31/h2-22,34,40H,23-24H2,1H3/b35-33+. The number of aromatic nitrogens is 1. The molecular formula is C37H30N2O5. The first-order valence-electron chi connectivity index (χ1n) is 14.3. The van der Waals surface area contributed by atoms with Crippen molar-refractivity contribution in [3.05, 3.63) is 161 Å². The number of ketones is 1. The Kier molecular flexibility index (Phi) is 8.19. The van der Waals surface area contributed by atoms with E-state index in [1.54, 1.807) is 67.0 Å². The van der Waals surface area contributed by atoms with Crippen LogP contribution in [0.1, 0.15) is 33.9 Å². The van der Waals surface area contributed by atoms with E-state index in [1.807, 2.05) is 61.5 Å². The Labute approximate surface area is 255 Å². The third kappa shape index (κ3) is 6.22. The fourth-order valence-electron chi connectivity index (χ4n) is 5.28. The van der Waals surface area contributed by atoms with Gasteiger partial charge in [0.2, 0.25) is 0 Å². The number of hydrogen-bond acceptors (Lipinski definition) is 6. The molecular weight excluding hydrogens is 552 g/mol. The largest absolute Gasteiger partial charge is 0.507 e. The Morgan fingerprint density at radius 1 is 0.773 bits per heavy atom. The molecule has 1 aliphatic heterocycles. The van der Waals surface area contributed by atoms with Crippen LogP contribution in [0.5, 0.6) is 17.2 Å². The number of nitrogens with zero attached hydrogens (tertiary/aromatic N) is 2. The number of aryl methyl sites for hydroxylation is 1. The average Bonchev–Trinajstić information content (AvgIpc) is 3.30. The van der Waals surface area contributed by atoms with Gasteiger partial charge >= 0.3 is 0 Å². The van der Waals surface area contributed by atoms with Crippen molar-refractivity contribution in [1.82, 2.24) is 9.88 Å². The van der Waals surface area contributed by atoms with Crippen molar-refractivity contribution in [2.24, 2.45) is 0 Å². The third-order valence-electron chi connectivity index (χ3n) is 7.41. The SMILES string of the molecule is Cc1cccc(COc2ccc(/C(O)=C3\C(=O)C(=O)N(Cc4ccncc4)C3c3cccc(Oc4ccccc4)c3)cc2)c1. The van der Waals surface area contributed by atoms with Gasteiger partial charge in [0, 0.05) is 24.5 Å². The number of likely N-dealkylation sites (tertiary alicyclic amines) is 1. The molecule has 4 aromatic carbocycles. The number of ether oxygens (including phenoxy) is 2. The summed E-state index contributed by atoms with van der Waals surface area (Å²) in [5.74, 6) is 0.101. The summed E-state index contributed by atoms with van der Waals surface area (Å²) in [6, 6.07) is 34.2. The summed E-state index contributed by atoms with van der Waals surface area (Å²) < 4.78 is 12.0. The van der Waals surface area contributed by atoms with Gasteiger partial charge in [-0.3, -0.25) is 14.6 Å². The lowest BCUT2D eigenvalue weighted by Gasteiger charge is -2.25. The van der Waals surface area contributed by atoms with Crippen molar-refractivity contribution >= 4 is 17.4 Å². The first-order chi connectivity index (χ1) is 21.5. The molecule has 44 heavy (non-hydrogen) atoms.